The summed E-state index contributed by atoms with van der Waals surface area (Å²) >= 11 is 0. The molecule has 3 rings (SSSR count). The topological polar surface area (TPSA) is 49.3 Å². The molecule has 3 saturated carbocycles. The van der Waals surface area contributed by atoms with Gasteiger partial charge in [-0.3, -0.25) is 4.79 Å². The number of fused-ring (bicyclic) bond motifs is 3. The second-order valence-corrected chi connectivity index (χ2v) is 5.30. The summed E-state index contributed by atoms with van der Waals surface area (Å²) in [7, 11) is 0. The molecule has 3 fully saturated rings. The van der Waals surface area contributed by atoms with Gasteiger partial charge in [0.2, 0.25) is 5.91 Å². The number of amides is 1. The molecule has 0 saturated heterocycles. The van der Waals surface area contributed by atoms with E-state index in [1.165, 1.54) is 0 Å². The van der Waals surface area contributed by atoms with Gasteiger partial charge in [0, 0.05) is 18.6 Å². The lowest BCUT2D eigenvalue weighted by molar-refractivity contribution is -0.142. The Morgan fingerprint density at radius 2 is 1.73 bits per heavy atom. The zero-order valence-electron chi connectivity index (χ0n) is 9.51. The number of rotatable bonds is 3. The Balaban J connectivity index is 2.06. The van der Waals surface area contributed by atoms with Gasteiger partial charge in [-0.05, 0) is 50.9 Å². The maximum Gasteiger partial charge on any atom is 0.226 e. The van der Waals surface area contributed by atoms with E-state index in [0.29, 0.717) is 6.61 Å². The number of nitrogens with one attached hydrogen (secondary N) is 1. The van der Waals surface area contributed by atoms with Crippen LogP contribution < -0.4 is 5.32 Å². The zero-order valence-corrected chi connectivity index (χ0v) is 9.51. The molecule has 15 heavy (non-hydrogen) atoms. The van der Waals surface area contributed by atoms with Crippen molar-refractivity contribution in [2.75, 3.05) is 13.2 Å². The molecule has 0 radical (unpaired) electrons. The van der Waals surface area contributed by atoms with Crippen molar-refractivity contribution >= 4 is 5.91 Å². The Labute approximate surface area is 91.2 Å². The summed E-state index contributed by atoms with van der Waals surface area (Å²) in [5.74, 6) is 0.247. The average Bonchev–Trinajstić information content (AvgIpc) is 2.32. The summed E-state index contributed by atoms with van der Waals surface area (Å²) in [5.41, 5.74) is 0.0706. The second-order valence-electron chi connectivity index (χ2n) is 5.30. The van der Waals surface area contributed by atoms with Crippen LogP contribution >= 0.6 is 0 Å². The fourth-order valence-corrected chi connectivity index (χ4v) is 3.19. The van der Waals surface area contributed by atoms with Gasteiger partial charge in [0.1, 0.15) is 0 Å². The first-order valence-corrected chi connectivity index (χ1v) is 6.06. The Kier molecular flexibility index (Phi) is 2.75. The summed E-state index contributed by atoms with van der Waals surface area (Å²) in [4.78, 5) is 12.0. The van der Waals surface area contributed by atoms with E-state index in [4.69, 9.17) is 0 Å². The monoisotopic (exact) mass is 211 g/mol. The Morgan fingerprint density at radius 3 is 2.13 bits per heavy atom. The van der Waals surface area contributed by atoms with Crippen LogP contribution in [0.15, 0.2) is 0 Å². The second kappa shape index (κ2) is 3.78. The molecule has 86 valence electrons. The van der Waals surface area contributed by atoms with Crippen LogP contribution in [0, 0.1) is 10.8 Å². The molecule has 0 unspecified atom stereocenters. The van der Waals surface area contributed by atoms with E-state index >= 15 is 0 Å². The number of hydrogen-bond donors (Lipinski definition) is 2. The highest BCUT2D eigenvalue weighted by molar-refractivity contribution is 5.83. The van der Waals surface area contributed by atoms with E-state index in [-0.39, 0.29) is 16.7 Å². The fourth-order valence-electron chi connectivity index (χ4n) is 3.19. The van der Waals surface area contributed by atoms with Gasteiger partial charge in [-0.1, -0.05) is 0 Å². The molecule has 3 aliphatic carbocycles. The minimum Gasteiger partial charge on any atom is -0.396 e. The van der Waals surface area contributed by atoms with E-state index in [1.807, 2.05) is 6.92 Å². The quantitative estimate of drug-likeness (QED) is 0.742. The molecule has 2 bridgehead atoms. The van der Waals surface area contributed by atoms with E-state index in [1.54, 1.807) is 0 Å². The van der Waals surface area contributed by atoms with Crippen LogP contribution in [0.25, 0.3) is 0 Å². The van der Waals surface area contributed by atoms with Crippen LogP contribution in [0.1, 0.15) is 45.4 Å². The van der Waals surface area contributed by atoms with Crippen LogP contribution in [0.3, 0.4) is 0 Å². The van der Waals surface area contributed by atoms with Gasteiger partial charge >= 0.3 is 0 Å². The van der Waals surface area contributed by atoms with Gasteiger partial charge in [-0.25, -0.2) is 0 Å². The lowest BCUT2D eigenvalue weighted by atomic mass is 9.53. The van der Waals surface area contributed by atoms with Crippen LogP contribution in [-0.2, 0) is 4.79 Å². The molecule has 1 amide bonds. The predicted octanol–water partition coefficient (Wildman–Crippen LogP) is 1.46. The maximum atomic E-state index is 12.0. The molecule has 0 aromatic rings. The van der Waals surface area contributed by atoms with Crippen molar-refractivity contribution in [3.63, 3.8) is 0 Å². The van der Waals surface area contributed by atoms with Gasteiger partial charge in [0.25, 0.3) is 0 Å². The van der Waals surface area contributed by atoms with E-state index in [2.05, 4.69) is 5.32 Å². The van der Waals surface area contributed by atoms with Crippen LogP contribution in [0.4, 0.5) is 0 Å². The summed E-state index contributed by atoms with van der Waals surface area (Å²) in [6, 6.07) is 0. The normalized spacial score (nSPS) is 39.1. The zero-order chi connectivity index (χ0) is 10.9. The summed E-state index contributed by atoms with van der Waals surface area (Å²) in [6.45, 7) is 3.00. The van der Waals surface area contributed by atoms with Gasteiger partial charge in [-0.15, -0.1) is 0 Å². The van der Waals surface area contributed by atoms with E-state index < -0.39 is 0 Å². The van der Waals surface area contributed by atoms with Crippen molar-refractivity contribution < 1.29 is 9.90 Å². The summed E-state index contributed by atoms with van der Waals surface area (Å²) < 4.78 is 0. The third kappa shape index (κ3) is 1.67. The predicted molar refractivity (Wildman–Crippen MR) is 58.3 cm³/mol. The summed E-state index contributed by atoms with van der Waals surface area (Å²) in [5, 5.41) is 12.4. The van der Waals surface area contributed by atoms with Crippen molar-refractivity contribution in [2.45, 2.75) is 45.4 Å². The van der Waals surface area contributed by atoms with Gasteiger partial charge in [0.15, 0.2) is 0 Å². The fraction of sp³-hybridized carbons (Fsp3) is 0.917. The molecule has 0 heterocycles. The standard InChI is InChI=1S/C12H21NO2/c1-2-13-10(15)12-6-3-11(9-14,4-7-12)5-8-12/h14H,2-9H2,1H3,(H,13,15). The average molecular weight is 211 g/mol. The Bertz CT molecular complexity index is 238. The van der Waals surface area contributed by atoms with Crippen molar-refractivity contribution in [3.8, 4) is 0 Å². The van der Waals surface area contributed by atoms with Gasteiger partial charge in [-0.2, -0.15) is 0 Å². The van der Waals surface area contributed by atoms with Crippen molar-refractivity contribution in [2.24, 2.45) is 10.8 Å². The van der Waals surface area contributed by atoms with Crippen LogP contribution in [0.2, 0.25) is 0 Å². The molecule has 2 N–H and O–H groups in total. The highest BCUT2D eigenvalue weighted by Crippen LogP contribution is 2.56. The number of carbonyl (C=O) groups excluding carboxylic acids is 1. The summed E-state index contributed by atoms with van der Waals surface area (Å²) in [6.07, 6.45) is 6.00. The van der Waals surface area contributed by atoms with Crippen molar-refractivity contribution in [3.05, 3.63) is 0 Å². The lowest BCUT2D eigenvalue weighted by Gasteiger charge is -2.51. The van der Waals surface area contributed by atoms with Crippen LogP contribution in [0.5, 0.6) is 0 Å². The molecule has 0 aromatic carbocycles. The first-order valence-electron chi connectivity index (χ1n) is 6.06. The SMILES string of the molecule is CCNC(=O)C12CCC(CO)(CC1)CC2. The molecular weight excluding hydrogens is 190 g/mol. The van der Waals surface area contributed by atoms with Crippen LogP contribution in [-0.4, -0.2) is 24.2 Å². The number of aliphatic hydroxyl groups is 1. The molecule has 0 spiro atoms. The third-order valence-corrected chi connectivity index (χ3v) is 4.56. The maximum absolute atomic E-state index is 12.0. The minimum atomic E-state index is -0.0903. The number of hydrogen-bond acceptors (Lipinski definition) is 2. The first kappa shape index (κ1) is 10.9. The molecular formula is C12H21NO2. The lowest BCUT2D eigenvalue weighted by Crippen LogP contribution is -2.51. The Hall–Kier alpha value is -0.570. The molecule has 3 nitrogen and oxygen atoms in total. The highest BCUT2D eigenvalue weighted by Gasteiger charge is 2.51. The largest absolute Gasteiger partial charge is 0.396 e. The molecule has 3 heteroatoms. The highest BCUT2D eigenvalue weighted by atomic mass is 16.3. The van der Waals surface area contributed by atoms with Gasteiger partial charge < -0.3 is 10.4 Å². The molecule has 3 aliphatic rings. The number of carbonyl (C=O) groups is 1. The third-order valence-electron chi connectivity index (χ3n) is 4.56. The molecule has 0 atom stereocenters. The van der Waals surface area contributed by atoms with E-state index in [9.17, 15) is 9.90 Å². The van der Waals surface area contributed by atoms with Gasteiger partial charge in [0.05, 0.1) is 0 Å². The smallest absolute Gasteiger partial charge is 0.226 e. The van der Waals surface area contributed by atoms with E-state index in [0.717, 1.165) is 45.1 Å². The minimum absolute atomic E-state index is 0.0903. The van der Waals surface area contributed by atoms with Crippen molar-refractivity contribution in [1.29, 1.82) is 0 Å². The number of aliphatic hydroxyl groups excluding tert-OH is 1. The molecule has 0 aliphatic heterocycles. The Morgan fingerprint density at radius 1 is 1.20 bits per heavy atom. The molecule has 0 aromatic heterocycles. The van der Waals surface area contributed by atoms with Crippen molar-refractivity contribution in [1.82, 2.24) is 5.32 Å². The first-order chi connectivity index (χ1) is 7.16.